The summed E-state index contributed by atoms with van der Waals surface area (Å²) in [4.78, 5) is 14.3. The van der Waals surface area contributed by atoms with Gasteiger partial charge in [0.25, 0.3) is 0 Å². The van der Waals surface area contributed by atoms with E-state index in [1.165, 1.54) is 19.3 Å². The largest absolute Gasteiger partial charge is 0.326 e. The van der Waals surface area contributed by atoms with Crippen LogP contribution in [-0.4, -0.2) is 29.1 Å². The molecule has 16 heavy (non-hydrogen) atoms. The smallest absolute Gasteiger partial charge is 0.244 e. The highest BCUT2D eigenvalue weighted by Crippen LogP contribution is 2.43. The third-order valence-electron chi connectivity index (χ3n) is 4.63. The summed E-state index contributed by atoms with van der Waals surface area (Å²) in [5.41, 5.74) is -0.121. The molecule has 1 aliphatic heterocycles. The van der Waals surface area contributed by atoms with Crippen molar-refractivity contribution < 1.29 is 4.79 Å². The van der Waals surface area contributed by atoms with Gasteiger partial charge in [-0.05, 0) is 44.4 Å². The highest BCUT2D eigenvalue weighted by Gasteiger charge is 2.58. The highest BCUT2D eigenvalue weighted by atomic mass is 16.2. The van der Waals surface area contributed by atoms with E-state index in [-0.39, 0.29) is 11.7 Å². The highest BCUT2D eigenvalue weighted by molar-refractivity contribution is 5.91. The molecular weight excluding hydrogens is 200 g/mol. The number of nitrogens with zero attached hydrogens (tertiary/aromatic N) is 1. The number of rotatable bonds is 2. The third kappa shape index (κ3) is 1.56. The van der Waals surface area contributed by atoms with Crippen LogP contribution in [0.5, 0.6) is 0 Å². The van der Waals surface area contributed by atoms with Gasteiger partial charge in [0, 0.05) is 6.54 Å². The van der Waals surface area contributed by atoms with E-state index in [0.717, 1.165) is 31.2 Å². The van der Waals surface area contributed by atoms with Gasteiger partial charge in [-0.15, -0.1) is 0 Å². The van der Waals surface area contributed by atoms with Crippen molar-refractivity contribution in [3.05, 3.63) is 0 Å². The normalized spacial score (nSPS) is 41.0. The molecule has 3 atom stereocenters. The second-order valence-electron chi connectivity index (χ2n) is 6.14. The first-order valence-corrected chi connectivity index (χ1v) is 6.69. The van der Waals surface area contributed by atoms with E-state index in [2.05, 4.69) is 24.1 Å². The van der Waals surface area contributed by atoms with Crippen molar-refractivity contribution in [2.75, 3.05) is 6.54 Å². The average molecular weight is 222 g/mol. The van der Waals surface area contributed by atoms with Crippen LogP contribution in [-0.2, 0) is 4.79 Å². The summed E-state index contributed by atoms with van der Waals surface area (Å²) >= 11 is 0. The number of carbonyl (C=O) groups excluding carboxylic acids is 1. The van der Waals surface area contributed by atoms with Crippen molar-refractivity contribution in [3.8, 4) is 0 Å². The molecule has 1 N–H and O–H groups in total. The molecule has 0 bridgehead atoms. The van der Waals surface area contributed by atoms with Crippen molar-refractivity contribution in [1.82, 2.24) is 10.2 Å². The lowest BCUT2D eigenvalue weighted by Crippen LogP contribution is -2.38. The van der Waals surface area contributed by atoms with Crippen LogP contribution in [0.3, 0.4) is 0 Å². The van der Waals surface area contributed by atoms with E-state index in [9.17, 15) is 4.79 Å². The monoisotopic (exact) mass is 222 g/mol. The van der Waals surface area contributed by atoms with Gasteiger partial charge in [0.05, 0.1) is 11.7 Å². The van der Waals surface area contributed by atoms with Gasteiger partial charge >= 0.3 is 0 Å². The molecule has 1 saturated heterocycles. The molecule has 0 aromatic carbocycles. The Balaban J connectivity index is 1.64. The minimum Gasteiger partial charge on any atom is -0.326 e. The SMILES string of the molecule is CC1CCC(CN2C(=O)C3(CC3)NC2C)C1. The molecule has 3 aliphatic rings. The lowest BCUT2D eigenvalue weighted by atomic mass is 10.1. The summed E-state index contributed by atoms with van der Waals surface area (Å²) in [6.45, 7) is 5.44. The van der Waals surface area contributed by atoms with Crippen LogP contribution in [0.4, 0.5) is 0 Å². The molecular formula is C13H22N2O. The molecule has 3 unspecified atom stereocenters. The zero-order chi connectivity index (χ0) is 11.3. The fraction of sp³-hybridized carbons (Fsp3) is 0.923. The first-order chi connectivity index (χ1) is 7.61. The summed E-state index contributed by atoms with van der Waals surface area (Å²) < 4.78 is 0. The molecule has 1 spiro atoms. The van der Waals surface area contributed by atoms with E-state index < -0.39 is 0 Å². The van der Waals surface area contributed by atoms with Gasteiger partial charge < -0.3 is 4.90 Å². The predicted molar refractivity (Wildman–Crippen MR) is 62.8 cm³/mol. The van der Waals surface area contributed by atoms with Gasteiger partial charge in [-0.2, -0.15) is 0 Å². The second kappa shape index (κ2) is 3.46. The van der Waals surface area contributed by atoms with Crippen molar-refractivity contribution in [2.45, 2.75) is 57.7 Å². The molecule has 3 fully saturated rings. The molecule has 0 aromatic heterocycles. The van der Waals surface area contributed by atoms with Gasteiger partial charge in [-0.25, -0.2) is 0 Å². The zero-order valence-electron chi connectivity index (χ0n) is 10.3. The van der Waals surface area contributed by atoms with Gasteiger partial charge in [0.2, 0.25) is 5.91 Å². The Hall–Kier alpha value is -0.570. The molecule has 3 heteroatoms. The van der Waals surface area contributed by atoms with E-state index >= 15 is 0 Å². The van der Waals surface area contributed by atoms with Gasteiger partial charge in [-0.3, -0.25) is 10.1 Å². The quantitative estimate of drug-likeness (QED) is 0.771. The van der Waals surface area contributed by atoms with E-state index in [4.69, 9.17) is 0 Å². The van der Waals surface area contributed by atoms with E-state index in [1.807, 2.05) is 0 Å². The number of carbonyl (C=O) groups is 1. The van der Waals surface area contributed by atoms with Gasteiger partial charge in [-0.1, -0.05) is 13.3 Å². The molecule has 2 saturated carbocycles. The maximum absolute atomic E-state index is 12.2. The maximum Gasteiger partial charge on any atom is 0.244 e. The topological polar surface area (TPSA) is 32.3 Å². The minimum absolute atomic E-state index is 0.121. The molecule has 0 radical (unpaired) electrons. The van der Waals surface area contributed by atoms with Crippen LogP contribution in [0.15, 0.2) is 0 Å². The van der Waals surface area contributed by atoms with Crippen LogP contribution in [0.2, 0.25) is 0 Å². The first kappa shape index (κ1) is 10.6. The third-order valence-corrected chi connectivity index (χ3v) is 4.63. The summed E-state index contributed by atoms with van der Waals surface area (Å²) in [5.74, 6) is 1.98. The van der Waals surface area contributed by atoms with Crippen molar-refractivity contribution >= 4 is 5.91 Å². The Morgan fingerprint density at radius 1 is 1.38 bits per heavy atom. The molecule has 2 aliphatic carbocycles. The molecule has 3 nitrogen and oxygen atoms in total. The molecule has 1 amide bonds. The van der Waals surface area contributed by atoms with Crippen molar-refractivity contribution in [2.24, 2.45) is 11.8 Å². The lowest BCUT2D eigenvalue weighted by molar-refractivity contribution is -0.131. The van der Waals surface area contributed by atoms with E-state index in [1.54, 1.807) is 0 Å². The van der Waals surface area contributed by atoms with Gasteiger partial charge in [0.1, 0.15) is 0 Å². The number of amides is 1. The fourth-order valence-electron chi connectivity index (χ4n) is 3.48. The number of nitrogens with one attached hydrogen (secondary N) is 1. The zero-order valence-corrected chi connectivity index (χ0v) is 10.3. The standard InChI is InChI=1S/C13H22N2O/c1-9-3-4-11(7-9)8-15-10(2)14-13(5-6-13)12(15)16/h9-11,14H,3-8H2,1-2H3. The van der Waals surface area contributed by atoms with E-state index in [0.29, 0.717) is 5.91 Å². The number of hydrogen-bond donors (Lipinski definition) is 1. The van der Waals surface area contributed by atoms with Crippen molar-refractivity contribution in [1.29, 1.82) is 0 Å². The molecule has 90 valence electrons. The summed E-state index contributed by atoms with van der Waals surface area (Å²) in [6.07, 6.45) is 6.32. The molecule has 0 aromatic rings. The summed E-state index contributed by atoms with van der Waals surface area (Å²) in [7, 11) is 0. The van der Waals surface area contributed by atoms with Gasteiger partial charge in [0.15, 0.2) is 0 Å². The first-order valence-electron chi connectivity index (χ1n) is 6.69. The molecule has 3 rings (SSSR count). The van der Waals surface area contributed by atoms with Crippen molar-refractivity contribution in [3.63, 3.8) is 0 Å². The van der Waals surface area contributed by atoms with Crippen LogP contribution in [0.25, 0.3) is 0 Å². The summed E-state index contributed by atoms with van der Waals surface area (Å²) in [5, 5.41) is 3.47. The fourth-order valence-corrected chi connectivity index (χ4v) is 3.48. The van der Waals surface area contributed by atoms with Crippen LogP contribution in [0.1, 0.15) is 46.0 Å². The second-order valence-corrected chi connectivity index (χ2v) is 6.14. The predicted octanol–water partition coefficient (Wildman–Crippen LogP) is 1.73. The Morgan fingerprint density at radius 2 is 2.12 bits per heavy atom. The van der Waals surface area contributed by atoms with Crippen LogP contribution >= 0.6 is 0 Å². The Labute approximate surface area is 97.6 Å². The Bertz CT molecular complexity index is 311. The summed E-state index contributed by atoms with van der Waals surface area (Å²) in [6, 6.07) is 0. The maximum atomic E-state index is 12.2. The van der Waals surface area contributed by atoms with Crippen LogP contribution < -0.4 is 5.32 Å². The Kier molecular flexibility index (Phi) is 2.29. The van der Waals surface area contributed by atoms with Crippen LogP contribution in [0, 0.1) is 11.8 Å². The average Bonchev–Trinajstić information content (AvgIpc) is 2.84. The number of hydrogen-bond acceptors (Lipinski definition) is 2. The minimum atomic E-state index is -0.121. The molecule has 1 heterocycles. The lowest BCUT2D eigenvalue weighted by Gasteiger charge is -2.24. The Morgan fingerprint density at radius 3 is 2.62 bits per heavy atom.